The van der Waals surface area contributed by atoms with Crippen LogP contribution in [-0.4, -0.2) is 18.5 Å². The quantitative estimate of drug-likeness (QED) is 0.588. The topological polar surface area (TPSA) is 50.4 Å². The lowest BCUT2D eigenvalue weighted by Crippen LogP contribution is -2.48. The van der Waals surface area contributed by atoms with Crippen LogP contribution in [0.3, 0.4) is 0 Å². The molecule has 0 spiro atoms. The molecule has 1 aliphatic carbocycles. The summed E-state index contributed by atoms with van der Waals surface area (Å²) in [5.74, 6) is 0.616. The second-order valence-corrected chi connectivity index (χ2v) is 7.02. The van der Waals surface area contributed by atoms with Crippen LogP contribution >= 0.6 is 0 Å². The molecule has 0 amide bonds. The van der Waals surface area contributed by atoms with Gasteiger partial charge in [0.15, 0.2) is 5.96 Å². The first kappa shape index (κ1) is 14.3. The summed E-state index contributed by atoms with van der Waals surface area (Å²) < 4.78 is 0. The van der Waals surface area contributed by atoms with Crippen LogP contribution < -0.4 is 11.1 Å². The Morgan fingerprint density at radius 2 is 1.76 bits per heavy atom. The molecule has 0 atom stereocenters. The summed E-state index contributed by atoms with van der Waals surface area (Å²) >= 11 is 0. The molecule has 0 aliphatic heterocycles. The largest absolute Gasteiger partial charge is 0.370 e. The molecule has 0 aromatic heterocycles. The highest BCUT2D eigenvalue weighted by Gasteiger charge is 2.38. The molecule has 0 saturated heterocycles. The average Bonchev–Trinajstić information content (AvgIpc) is 2.09. The van der Waals surface area contributed by atoms with Gasteiger partial charge in [-0.2, -0.15) is 0 Å². The van der Waals surface area contributed by atoms with E-state index in [9.17, 15) is 0 Å². The number of hydrogen-bond donors (Lipinski definition) is 2. The predicted octanol–water partition coefficient (Wildman–Crippen LogP) is 2.91. The highest BCUT2D eigenvalue weighted by molar-refractivity contribution is 5.78. The number of rotatable bonds is 3. The Hall–Kier alpha value is -0.730. The van der Waals surface area contributed by atoms with E-state index < -0.39 is 0 Å². The third-order valence-corrected chi connectivity index (χ3v) is 3.41. The molecule has 0 radical (unpaired) electrons. The normalized spacial score (nSPS) is 24.6. The predicted molar refractivity (Wildman–Crippen MR) is 75.1 cm³/mol. The Kier molecular flexibility index (Phi) is 4.45. The highest BCUT2D eigenvalue weighted by atomic mass is 15.1. The van der Waals surface area contributed by atoms with E-state index in [0.29, 0.717) is 22.8 Å². The lowest BCUT2D eigenvalue weighted by atomic mass is 9.63. The molecular formula is C14H29N3. The van der Waals surface area contributed by atoms with Gasteiger partial charge >= 0.3 is 0 Å². The molecule has 0 bridgehead atoms. The van der Waals surface area contributed by atoms with Gasteiger partial charge in [-0.05, 0) is 36.5 Å². The van der Waals surface area contributed by atoms with Gasteiger partial charge in [-0.25, -0.2) is 0 Å². The Balaban J connectivity index is 2.59. The zero-order valence-corrected chi connectivity index (χ0v) is 12.1. The fraction of sp³-hybridized carbons (Fsp3) is 0.929. The number of hydrogen-bond acceptors (Lipinski definition) is 1. The van der Waals surface area contributed by atoms with Crippen molar-refractivity contribution >= 4 is 5.96 Å². The van der Waals surface area contributed by atoms with Crippen molar-refractivity contribution in [3.8, 4) is 0 Å². The van der Waals surface area contributed by atoms with Crippen molar-refractivity contribution in [3.05, 3.63) is 0 Å². The second kappa shape index (κ2) is 5.28. The molecule has 1 fully saturated rings. The third kappa shape index (κ3) is 4.97. The number of aliphatic imine (C=N–C) groups is 1. The first-order valence-corrected chi connectivity index (χ1v) is 6.81. The molecular weight excluding hydrogens is 210 g/mol. The van der Waals surface area contributed by atoms with Crippen LogP contribution in [0.4, 0.5) is 0 Å². The summed E-state index contributed by atoms with van der Waals surface area (Å²) in [5, 5.41) is 3.39. The van der Waals surface area contributed by atoms with Gasteiger partial charge in [-0.3, -0.25) is 4.99 Å². The summed E-state index contributed by atoms with van der Waals surface area (Å²) in [4.78, 5) is 4.32. The summed E-state index contributed by atoms with van der Waals surface area (Å²) in [6, 6.07) is 0.467. The van der Waals surface area contributed by atoms with E-state index in [2.05, 4.69) is 44.9 Å². The van der Waals surface area contributed by atoms with Gasteiger partial charge in [0.25, 0.3) is 0 Å². The van der Waals surface area contributed by atoms with E-state index in [0.717, 1.165) is 13.0 Å². The molecule has 3 N–H and O–H groups in total. The Labute approximate surface area is 106 Å². The maximum absolute atomic E-state index is 5.91. The molecule has 3 nitrogen and oxygen atoms in total. The van der Waals surface area contributed by atoms with Crippen LogP contribution in [0.5, 0.6) is 0 Å². The van der Waals surface area contributed by atoms with E-state index in [1.54, 1.807) is 0 Å². The summed E-state index contributed by atoms with van der Waals surface area (Å²) in [6.07, 6.45) is 4.69. The lowest BCUT2D eigenvalue weighted by Gasteiger charge is -2.45. The van der Waals surface area contributed by atoms with Crippen molar-refractivity contribution in [1.82, 2.24) is 5.32 Å². The van der Waals surface area contributed by atoms with Crippen molar-refractivity contribution in [1.29, 1.82) is 0 Å². The number of nitrogens with two attached hydrogens (primary N) is 1. The highest BCUT2D eigenvalue weighted by Crippen LogP contribution is 2.45. The zero-order valence-electron chi connectivity index (χ0n) is 12.1. The van der Waals surface area contributed by atoms with E-state index in [4.69, 9.17) is 5.73 Å². The van der Waals surface area contributed by atoms with Gasteiger partial charge in [-0.15, -0.1) is 0 Å². The molecule has 0 aromatic rings. The van der Waals surface area contributed by atoms with Crippen LogP contribution in [0.2, 0.25) is 0 Å². The summed E-state index contributed by atoms with van der Waals surface area (Å²) in [7, 11) is 0. The standard InChI is InChI=1S/C14H29N3/c1-6-7-16-12(15)17-11-8-13(2,3)10-14(4,5)9-11/h11H,6-10H2,1-5H3,(H3,15,16,17). The van der Waals surface area contributed by atoms with E-state index in [1.165, 1.54) is 19.3 Å². The van der Waals surface area contributed by atoms with Crippen molar-refractivity contribution in [2.24, 2.45) is 21.6 Å². The van der Waals surface area contributed by atoms with Crippen LogP contribution in [0.1, 0.15) is 60.3 Å². The van der Waals surface area contributed by atoms with Crippen molar-refractivity contribution in [2.75, 3.05) is 6.54 Å². The third-order valence-electron chi connectivity index (χ3n) is 3.41. The Morgan fingerprint density at radius 3 is 2.24 bits per heavy atom. The van der Waals surface area contributed by atoms with Gasteiger partial charge in [0, 0.05) is 12.6 Å². The van der Waals surface area contributed by atoms with Gasteiger partial charge < -0.3 is 11.1 Å². The minimum Gasteiger partial charge on any atom is -0.370 e. The van der Waals surface area contributed by atoms with Crippen molar-refractivity contribution in [2.45, 2.75) is 66.3 Å². The van der Waals surface area contributed by atoms with Crippen LogP contribution in [0.15, 0.2) is 4.99 Å². The summed E-state index contributed by atoms with van der Waals surface area (Å²) in [5.41, 5.74) is 6.69. The molecule has 17 heavy (non-hydrogen) atoms. The van der Waals surface area contributed by atoms with Crippen molar-refractivity contribution < 1.29 is 0 Å². The zero-order chi connectivity index (χ0) is 13.1. The molecule has 3 heteroatoms. The number of nitrogens with one attached hydrogen (secondary N) is 1. The van der Waals surface area contributed by atoms with Gasteiger partial charge in [0.05, 0.1) is 0 Å². The molecule has 0 unspecified atom stereocenters. The molecule has 1 saturated carbocycles. The van der Waals surface area contributed by atoms with Crippen molar-refractivity contribution in [3.63, 3.8) is 0 Å². The van der Waals surface area contributed by atoms with Crippen LogP contribution in [0.25, 0.3) is 0 Å². The van der Waals surface area contributed by atoms with Gasteiger partial charge in [-0.1, -0.05) is 34.6 Å². The SMILES string of the molecule is CCCN=C(N)NC1CC(C)(C)CC(C)(C)C1. The number of nitrogens with zero attached hydrogens (tertiary/aromatic N) is 1. The van der Waals surface area contributed by atoms with Crippen LogP contribution in [-0.2, 0) is 0 Å². The van der Waals surface area contributed by atoms with Gasteiger partial charge in [0.1, 0.15) is 0 Å². The van der Waals surface area contributed by atoms with E-state index >= 15 is 0 Å². The molecule has 0 heterocycles. The van der Waals surface area contributed by atoms with E-state index in [1.807, 2.05) is 0 Å². The number of guanidine groups is 1. The minimum absolute atomic E-state index is 0.393. The monoisotopic (exact) mass is 239 g/mol. The van der Waals surface area contributed by atoms with Crippen LogP contribution in [0, 0.1) is 10.8 Å². The molecule has 100 valence electrons. The van der Waals surface area contributed by atoms with Gasteiger partial charge in [0.2, 0.25) is 0 Å². The molecule has 0 aromatic carbocycles. The maximum Gasteiger partial charge on any atom is 0.188 e. The fourth-order valence-corrected chi connectivity index (χ4v) is 3.44. The summed E-state index contributed by atoms with van der Waals surface area (Å²) in [6.45, 7) is 12.3. The smallest absolute Gasteiger partial charge is 0.188 e. The maximum atomic E-state index is 5.91. The Bertz CT molecular complexity index is 263. The lowest BCUT2D eigenvalue weighted by molar-refractivity contribution is 0.0921. The molecule has 1 rings (SSSR count). The average molecular weight is 239 g/mol. The first-order chi connectivity index (χ1) is 7.74. The Morgan fingerprint density at radius 1 is 1.24 bits per heavy atom. The minimum atomic E-state index is 0.393. The second-order valence-electron chi connectivity index (χ2n) is 7.02. The first-order valence-electron chi connectivity index (χ1n) is 6.81. The fourth-order valence-electron chi connectivity index (χ4n) is 3.44. The molecule has 1 aliphatic rings. The van der Waals surface area contributed by atoms with E-state index in [-0.39, 0.29) is 0 Å².